The molecule has 1 atom stereocenters. The Morgan fingerprint density at radius 3 is 3.15 bits per heavy atom. The van der Waals surface area contributed by atoms with Crippen molar-refractivity contribution in [2.75, 3.05) is 13.1 Å². The molecule has 5 heteroatoms. The number of hydrogen-bond donors (Lipinski definition) is 1. The number of halogens is 1. The van der Waals surface area contributed by atoms with E-state index >= 15 is 0 Å². The SMILES string of the molecule is NC1CCN(Cc2cnc(Cl)s2)C1. The maximum atomic E-state index is 5.80. The van der Waals surface area contributed by atoms with Gasteiger partial charge in [0.05, 0.1) is 0 Å². The Bertz CT molecular complexity index is 289. The van der Waals surface area contributed by atoms with E-state index in [2.05, 4.69) is 9.88 Å². The molecule has 0 radical (unpaired) electrons. The van der Waals surface area contributed by atoms with Crippen LogP contribution in [0, 0.1) is 0 Å². The molecule has 1 saturated heterocycles. The first kappa shape index (κ1) is 9.40. The van der Waals surface area contributed by atoms with Gasteiger partial charge in [-0.25, -0.2) is 4.98 Å². The van der Waals surface area contributed by atoms with Crippen molar-refractivity contribution < 1.29 is 0 Å². The van der Waals surface area contributed by atoms with Gasteiger partial charge in [0.2, 0.25) is 0 Å². The average molecular weight is 218 g/mol. The zero-order valence-corrected chi connectivity index (χ0v) is 8.81. The minimum atomic E-state index is 0.350. The number of nitrogens with two attached hydrogens (primary N) is 1. The molecule has 2 N–H and O–H groups in total. The fourth-order valence-corrected chi connectivity index (χ4v) is 2.60. The first-order valence-corrected chi connectivity index (χ1v) is 5.51. The normalized spacial score (nSPS) is 24.0. The minimum Gasteiger partial charge on any atom is -0.326 e. The topological polar surface area (TPSA) is 42.1 Å². The molecule has 2 heterocycles. The molecule has 0 bridgehead atoms. The van der Waals surface area contributed by atoms with Crippen molar-refractivity contribution in [2.45, 2.75) is 19.0 Å². The second-order valence-electron chi connectivity index (χ2n) is 3.36. The van der Waals surface area contributed by atoms with Gasteiger partial charge in [0, 0.05) is 36.8 Å². The molecule has 0 spiro atoms. The van der Waals surface area contributed by atoms with E-state index in [1.807, 2.05) is 6.20 Å². The summed E-state index contributed by atoms with van der Waals surface area (Å²) in [6.07, 6.45) is 2.95. The van der Waals surface area contributed by atoms with Crippen molar-refractivity contribution in [1.29, 1.82) is 0 Å². The standard InChI is InChI=1S/C8H12ClN3S/c9-8-11-3-7(13-8)5-12-2-1-6(10)4-12/h3,6H,1-2,4-5,10H2. The average Bonchev–Trinajstić information content (AvgIpc) is 2.62. The summed E-state index contributed by atoms with van der Waals surface area (Å²) in [5.74, 6) is 0. The highest BCUT2D eigenvalue weighted by Crippen LogP contribution is 2.20. The van der Waals surface area contributed by atoms with Gasteiger partial charge >= 0.3 is 0 Å². The largest absolute Gasteiger partial charge is 0.326 e. The fourth-order valence-electron chi connectivity index (χ4n) is 1.58. The summed E-state index contributed by atoms with van der Waals surface area (Å²) in [5.41, 5.74) is 5.80. The molecule has 1 fully saturated rings. The van der Waals surface area contributed by atoms with Crippen LogP contribution < -0.4 is 5.73 Å². The van der Waals surface area contributed by atoms with Crippen LogP contribution in [0.15, 0.2) is 6.20 Å². The van der Waals surface area contributed by atoms with Crippen LogP contribution in [0.3, 0.4) is 0 Å². The molecule has 1 unspecified atom stereocenters. The lowest BCUT2D eigenvalue weighted by atomic mass is 10.3. The molecular formula is C8H12ClN3S. The monoisotopic (exact) mass is 217 g/mol. The summed E-state index contributed by atoms with van der Waals surface area (Å²) >= 11 is 7.29. The smallest absolute Gasteiger partial charge is 0.183 e. The van der Waals surface area contributed by atoms with E-state index in [0.29, 0.717) is 10.5 Å². The van der Waals surface area contributed by atoms with Gasteiger partial charge in [-0.1, -0.05) is 11.6 Å². The molecule has 3 nitrogen and oxygen atoms in total. The van der Waals surface area contributed by atoms with E-state index in [1.54, 1.807) is 11.3 Å². The van der Waals surface area contributed by atoms with Gasteiger partial charge in [0.1, 0.15) is 0 Å². The van der Waals surface area contributed by atoms with Gasteiger partial charge < -0.3 is 5.73 Å². The summed E-state index contributed by atoms with van der Waals surface area (Å²) in [6.45, 7) is 3.03. The summed E-state index contributed by atoms with van der Waals surface area (Å²) < 4.78 is 0.624. The summed E-state index contributed by atoms with van der Waals surface area (Å²) in [4.78, 5) is 7.57. The Labute approximate surface area is 86.5 Å². The van der Waals surface area contributed by atoms with Crippen molar-refractivity contribution in [1.82, 2.24) is 9.88 Å². The highest BCUT2D eigenvalue weighted by atomic mass is 35.5. The molecule has 0 amide bonds. The second-order valence-corrected chi connectivity index (χ2v) is 5.06. The number of likely N-dealkylation sites (tertiary alicyclic amines) is 1. The zero-order chi connectivity index (χ0) is 9.26. The van der Waals surface area contributed by atoms with Crippen LogP contribution in [0.2, 0.25) is 4.47 Å². The molecule has 0 saturated carbocycles. The van der Waals surface area contributed by atoms with Crippen molar-refractivity contribution in [2.24, 2.45) is 5.73 Å². The van der Waals surface area contributed by atoms with Crippen LogP contribution in [0.4, 0.5) is 0 Å². The summed E-state index contributed by atoms with van der Waals surface area (Å²) in [6, 6.07) is 0.350. The van der Waals surface area contributed by atoms with Gasteiger partial charge in [-0.3, -0.25) is 4.90 Å². The van der Waals surface area contributed by atoms with Gasteiger partial charge in [0.25, 0.3) is 0 Å². The molecule has 0 aliphatic carbocycles. The lowest BCUT2D eigenvalue weighted by Crippen LogP contribution is -2.25. The van der Waals surface area contributed by atoms with Gasteiger partial charge in [0.15, 0.2) is 4.47 Å². The molecule has 72 valence electrons. The van der Waals surface area contributed by atoms with Crippen molar-refractivity contribution in [3.8, 4) is 0 Å². The molecule has 1 aromatic rings. The van der Waals surface area contributed by atoms with E-state index in [4.69, 9.17) is 17.3 Å². The Morgan fingerprint density at radius 2 is 2.62 bits per heavy atom. The molecule has 2 rings (SSSR count). The Morgan fingerprint density at radius 1 is 1.77 bits per heavy atom. The van der Waals surface area contributed by atoms with Crippen LogP contribution in [-0.2, 0) is 6.54 Å². The van der Waals surface area contributed by atoms with E-state index in [1.165, 1.54) is 4.88 Å². The van der Waals surface area contributed by atoms with Crippen LogP contribution in [0.25, 0.3) is 0 Å². The minimum absolute atomic E-state index is 0.350. The molecule has 0 aromatic carbocycles. The molecule has 1 aliphatic heterocycles. The number of rotatable bonds is 2. The quantitative estimate of drug-likeness (QED) is 0.813. The Balaban J connectivity index is 1.91. The first-order valence-electron chi connectivity index (χ1n) is 4.32. The van der Waals surface area contributed by atoms with Crippen LogP contribution in [0.5, 0.6) is 0 Å². The van der Waals surface area contributed by atoms with E-state index in [0.717, 1.165) is 26.1 Å². The highest BCUT2D eigenvalue weighted by Gasteiger charge is 2.19. The van der Waals surface area contributed by atoms with E-state index in [9.17, 15) is 0 Å². The van der Waals surface area contributed by atoms with Crippen LogP contribution in [-0.4, -0.2) is 29.0 Å². The second kappa shape index (κ2) is 3.92. The summed E-state index contributed by atoms with van der Waals surface area (Å²) in [7, 11) is 0. The molecule has 1 aliphatic rings. The third-order valence-electron chi connectivity index (χ3n) is 2.21. The highest BCUT2D eigenvalue weighted by molar-refractivity contribution is 7.15. The third kappa shape index (κ3) is 2.40. The molecule has 13 heavy (non-hydrogen) atoms. The van der Waals surface area contributed by atoms with Crippen molar-refractivity contribution >= 4 is 22.9 Å². The van der Waals surface area contributed by atoms with Gasteiger partial charge in [-0.2, -0.15) is 0 Å². The number of hydrogen-bond acceptors (Lipinski definition) is 4. The lowest BCUT2D eigenvalue weighted by Gasteiger charge is -2.12. The van der Waals surface area contributed by atoms with Crippen LogP contribution in [0.1, 0.15) is 11.3 Å². The molecular weight excluding hydrogens is 206 g/mol. The number of nitrogens with zero attached hydrogens (tertiary/aromatic N) is 2. The van der Waals surface area contributed by atoms with E-state index < -0.39 is 0 Å². The predicted molar refractivity (Wildman–Crippen MR) is 55.0 cm³/mol. The predicted octanol–water partition coefficient (Wildman–Crippen LogP) is 1.33. The summed E-state index contributed by atoms with van der Waals surface area (Å²) in [5, 5.41) is 0. The maximum absolute atomic E-state index is 5.80. The van der Waals surface area contributed by atoms with Crippen LogP contribution >= 0.6 is 22.9 Å². The zero-order valence-electron chi connectivity index (χ0n) is 7.24. The first-order chi connectivity index (χ1) is 6.24. The number of aromatic nitrogens is 1. The van der Waals surface area contributed by atoms with Gasteiger partial charge in [-0.15, -0.1) is 11.3 Å². The Kier molecular flexibility index (Phi) is 2.83. The number of thiazole rings is 1. The maximum Gasteiger partial charge on any atom is 0.183 e. The fraction of sp³-hybridized carbons (Fsp3) is 0.625. The van der Waals surface area contributed by atoms with Gasteiger partial charge in [-0.05, 0) is 6.42 Å². The van der Waals surface area contributed by atoms with Crippen molar-refractivity contribution in [3.63, 3.8) is 0 Å². The Hall–Kier alpha value is -0.160. The lowest BCUT2D eigenvalue weighted by molar-refractivity contribution is 0.329. The van der Waals surface area contributed by atoms with E-state index in [-0.39, 0.29) is 0 Å². The van der Waals surface area contributed by atoms with Crippen molar-refractivity contribution in [3.05, 3.63) is 15.5 Å². The molecule has 1 aromatic heterocycles. The third-order valence-corrected chi connectivity index (χ3v) is 3.31.